The zero-order chi connectivity index (χ0) is 9.26. The van der Waals surface area contributed by atoms with E-state index in [-0.39, 0.29) is 0 Å². The van der Waals surface area contributed by atoms with Gasteiger partial charge in [0.05, 0.1) is 7.11 Å². The number of benzene rings is 1. The first-order valence-corrected chi connectivity index (χ1v) is 5.43. The summed E-state index contributed by atoms with van der Waals surface area (Å²) < 4.78 is 6.34. The van der Waals surface area contributed by atoms with Crippen LogP contribution in [0.2, 0.25) is 0 Å². The van der Waals surface area contributed by atoms with E-state index >= 15 is 0 Å². The second-order valence-corrected chi connectivity index (χ2v) is 4.47. The van der Waals surface area contributed by atoms with Gasteiger partial charge >= 0.3 is 0 Å². The molecule has 1 aliphatic rings. The SMILES string of the molecule is COc1cc(Br)cc(C2CCC2)c1. The molecule has 1 nitrogen and oxygen atoms in total. The van der Waals surface area contributed by atoms with Crippen molar-refractivity contribution in [2.75, 3.05) is 7.11 Å². The van der Waals surface area contributed by atoms with Crippen molar-refractivity contribution in [1.82, 2.24) is 0 Å². The van der Waals surface area contributed by atoms with Crippen LogP contribution in [0.4, 0.5) is 0 Å². The summed E-state index contributed by atoms with van der Waals surface area (Å²) in [5.74, 6) is 1.72. The Balaban J connectivity index is 2.28. The summed E-state index contributed by atoms with van der Waals surface area (Å²) in [5.41, 5.74) is 1.41. The average Bonchev–Trinajstić information content (AvgIpc) is 2.00. The molecule has 0 amide bonds. The molecule has 0 radical (unpaired) electrons. The van der Waals surface area contributed by atoms with Gasteiger partial charge in [0.2, 0.25) is 0 Å². The van der Waals surface area contributed by atoms with Crippen LogP contribution in [0.3, 0.4) is 0 Å². The van der Waals surface area contributed by atoms with Crippen LogP contribution in [0.5, 0.6) is 5.75 Å². The van der Waals surface area contributed by atoms with Crippen molar-refractivity contribution in [3.05, 3.63) is 28.2 Å². The Labute approximate surface area is 87.2 Å². The van der Waals surface area contributed by atoms with Gasteiger partial charge < -0.3 is 4.74 Å². The summed E-state index contributed by atoms with van der Waals surface area (Å²) in [5, 5.41) is 0. The van der Waals surface area contributed by atoms with Crippen molar-refractivity contribution >= 4 is 15.9 Å². The zero-order valence-corrected chi connectivity index (χ0v) is 9.30. The van der Waals surface area contributed by atoms with Gasteiger partial charge in [-0.15, -0.1) is 0 Å². The molecule has 0 spiro atoms. The summed E-state index contributed by atoms with van der Waals surface area (Å²) in [7, 11) is 1.71. The Bertz CT molecular complexity index is 305. The predicted molar refractivity (Wildman–Crippen MR) is 57.3 cm³/mol. The average molecular weight is 241 g/mol. The van der Waals surface area contributed by atoms with Gasteiger partial charge in [-0.2, -0.15) is 0 Å². The normalized spacial score (nSPS) is 16.8. The molecule has 1 aliphatic carbocycles. The van der Waals surface area contributed by atoms with E-state index in [2.05, 4.69) is 28.1 Å². The van der Waals surface area contributed by atoms with Crippen LogP contribution in [0.25, 0.3) is 0 Å². The highest BCUT2D eigenvalue weighted by Gasteiger charge is 2.20. The van der Waals surface area contributed by atoms with Gasteiger partial charge in [0, 0.05) is 4.47 Å². The van der Waals surface area contributed by atoms with E-state index in [1.165, 1.54) is 24.8 Å². The Morgan fingerprint density at radius 3 is 2.62 bits per heavy atom. The van der Waals surface area contributed by atoms with Gasteiger partial charge in [-0.1, -0.05) is 22.4 Å². The smallest absolute Gasteiger partial charge is 0.120 e. The van der Waals surface area contributed by atoms with Crippen LogP contribution in [0.1, 0.15) is 30.7 Å². The second kappa shape index (κ2) is 3.70. The van der Waals surface area contributed by atoms with Crippen LogP contribution >= 0.6 is 15.9 Å². The van der Waals surface area contributed by atoms with E-state index in [1.807, 2.05) is 6.07 Å². The number of rotatable bonds is 2. The number of methoxy groups -OCH3 is 1. The third-order valence-corrected chi connectivity index (χ3v) is 3.16. The lowest BCUT2D eigenvalue weighted by Crippen LogP contribution is -2.08. The van der Waals surface area contributed by atoms with Crippen LogP contribution in [-0.2, 0) is 0 Å². The first-order valence-electron chi connectivity index (χ1n) is 4.64. The molecule has 0 N–H and O–H groups in total. The minimum absolute atomic E-state index is 0.770. The molecular weight excluding hydrogens is 228 g/mol. The standard InChI is InChI=1S/C11H13BrO/c1-13-11-6-9(5-10(12)7-11)8-3-2-4-8/h5-8H,2-4H2,1H3. The molecule has 1 fully saturated rings. The topological polar surface area (TPSA) is 9.23 Å². The van der Waals surface area contributed by atoms with Gasteiger partial charge in [-0.3, -0.25) is 0 Å². The maximum Gasteiger partial charge on any atom is 0.120 e. The maximum absolute atomic E-state index is 5.22. The Kier molecular flexibility index (Phi) is 2.58. The molecule has 0 aromatic heterocycles. The maximum atomic E-state index is 5.22. The summed E-state index contributed by atoms with van der Waals surface area (Å²) >= 11 is 3.50. The summed E-state index contributed by atoms with van der Waals surface area (Å²) in [4.78, 5) is 0. The third-order valence-electron chi connectivity index (χ3n) is 2.71. The van der Waals surface area contributed by atoms with Gasteiger partial charge in [0.25, 0.3) is 0 Å². The van der Waals surface area contributed by atoms with Crippen molar-refractivity contribution in [3.8, 4) is 5.75 Å². The predicted octanol–water partition coefficient (Wildman–Crippen LogP) is 3.73. The molecule has 13 heavy (non-hydrogen) atoms. The molecule has 2 rings (SSSR count). The van der Waals surface area contributed by atoms with Crippen LogP contribution in [0, 0.1) is 0 Å². The van der Waals surface area contributed by atoms with Gasteiger partial charge in [0.15, 0.2) is 0 Å². The fraction of sp³-hybridized carbons (Fsp3) is 0.455. The molecule has 0 aliphatic heterocycles. The van der Waals surface area contributed by atoms with E-state index < -0.39 is 0 Å². The molecule has 2 heteroatoms. The summed E-state index contributed by atoms with van der Waals surface area (Å²) in [6, 6.07) is 6.35. The van der Waals surface area contributed by atoms with Gasteiger partial charge in [-0.25, -0.2) is 0 Å². The van der Waals surface area contributed by atoms with Crippen LogP contribution in [0.15, 0.2) is 22.7 Å². The molecule has 0 bridgehead atoms. The molecular formula is C11H13BrO. The molecule has 0 unspecified atom stereocenters. The second-order valence-electron chi connectivity index (χ2n) is 3.55. The Morgan fingerprint density at radius 2 is 2.08 bits per heavy atom. The van der Waals surface area contributed by atoms with E-state index in [0.29, 0.717) is 0 Å². The monoisotopic (exact) mass is 240 g/mol. The molecule has 0 atom stereocenters. The van der Waals surface area contributed by atoms with Crippen LogP contribution in [-0.4, -0.2) is 7.11 Å². The van der Waals surface area contributed by atoms with Crippen molar-refractivity contribution in [3.63, 3.8) is 0 Å². The highest BCUT2D eigenvalue weighted by molar-refractivity contribution is 9.10. The van der Waals surface area contributed by atoms with Gasteiger partial charge in [-0.05, 0) is 42.5 Å². The van der Waals surface area contributed by atoms with Gasteiger partial charge in [0.1, 0.15) is 5.75 Å². The summed E-state index contributed by atoms with van der Waals surface area (Å²) in [6.45, 7) is 0. The van der Waals surface area contributed by atoms with E-state index in [0.717, 1.165) is 16.1 Å². The van der Waals surface area contributed by atoms with E-state index in [4.69, 9.17) is 4.74 Å². The fourth-order valence-corrected chi connectivity index (χ4v) is 2.17. The van der Waals surface area contributed by atoms with Crippen molar-refractivity contribution < 1.29 is 4.74 Å². The molecule has 1 aromatic rings. The van der Waals surface area contributed by atoms with Crippen LogP contribution < -0.4 is 4.74 Å². The number of hydrogen-bond donors (Lipinski definition) is 0. The van der Waals surface area contributed by atoms with Crippen molar-refractivity contribution in [2.45, 2.75) is 25.2 Å². The summed E-state index contributed by atoms with van der Waals surface area (Å²) in [6.07, 6.45) is 4.04. The minimum atomic E-state index is 0.770. The quantitative estimate of drug-likeness (QED) is 0.766. The van der Waals surface area contributed by atoms with Crippen molar-refractivity contribution in [2.24, 2.45) is 0 Å². The first-order chi connectivity index (χ1) is 6.29. The first kappa shape index (κ1) is 9.07. The number of ether oxygens (including phenoxy) is 1. The highest BCUT2D eigenvalue weighted by atomic mass is 79.9. The largest absolute Gasteiger partial charge is 0.497 e. The third kappa shape index (κ3) is 1.88. The highest BCUT2D eigenvalue weighted by Crippen LogP contribution is 2.38. The lowest BCUT2D eigenvalue weighted by atomic mass is 9.80. The lowest BCUT2D eigenvalue weighted by Gasteiger charge is -2.26. The lowest BCUT2D eigenvalue weighted by molar-refractivity contribution is 0.402. The van der Waals surface area contributed by atoms with Crippen molar-refractivity contribution in [1.29, 1.82) is 0 Å². The molecule has 0 saturated heterocycles. The van der Waals surface area contributed by atoms with E-state index in [1.54, 1.807) is 7.11 Å². The zero-order valence-electron chi connectivity index (χ0n) is 7.72. The Morgan fingerprint density at radius 1 is 1.31 bits per heavy atom. The fourth-order valence-electron chi connectivity index (χ4n) is 1.68. The molecule has 0 heterocycles. The minimum Gasteiger partial charge on any atom is -0.497 e. The molecule has 1 aromatic carbocycles. The Hall–Kier alpha value is -0.500. The number of halogens is 1. The molecule has 1 saturated carbocycles. The van der Waals surface area contributed by atoms with E-state index in [9.17, 15) is 0 Å². The molecule has 70 valence electrons. The number of hydrogen-bond acceptors (Lipinski definition) is 1.